The van der Waals surface area contributed by atoms with Crippen LogP contribution in [0.5, 0.6) is 5.75 Å². The van der Waals surface area contributed by atoms with Gasteiger partial charge >= 0.3 is 0 Å². The van der Waals surface area contributed by atoms with Gasteiger partial charge in [0, 0.05) is 16.5 Å². The van der Waals surface area contributed by atoms with E-state index in [9.17, 15) is 9.18 Å². The largest absolute Gasteiger partial charge is 0.494 e. The van der Waals surface area contributed by atoms with Crippen molar-refractivity contribution in [2.45, 2.75) is 0 Å². The fourth-order valence-corrected chi connectivity index (χ4v) is 2.00. The van der Waals surface area contributed by atoms with Crippen molar-refractivity contribution in [3.05, 3.63) is 52.0 Å². The minimum absolute atomic E-state index is 0.141. The highest BCUT2D eigenvalue weighted by molar-refractivity contribution is 7.08. The molecule has 0 unspecified atom stereocenters. The first kappa shape index (κ1) is 10.8. The van der Waals surface area contributed by atoms with Crippen LogP contribution in [0.3, 0.4) is 0 Å². The van der Waals surface area contributed by atoms with E-state index in [1.54, 1.807) is 17.5 Å². The molecule has 0 N–H and O–H groups in total. The molecule has 1 aromatic carbocycles. The van der Waals surface area contributed by atoms with Crippen LogP contribution in [0.4, 0.5) is 4.39 Å². The molecule has 0 spiro atoms. The Balaban J connectivity index is 2.35. The topological polar surface area (TPSA) is 26.3 Å². The zero-order chi connectivity index (χ0) is 11.5. The SMILES string of the molecule is COc1ccc(C(=O)c2ccsc2)cc1F. The number of carbonyl (C=O) groups excluding carboxylic acids is 1. The number of halogens is 1. The van der Waals surface area contributed by atoms with Crippen LogP contribution in [0.2, 0.25) is 0 Å². The summed E-state index contributed by atoms with van der Waals surface area (Å²) in [7, 11) is 1.39. The molecule has 0 bridgehead atoms. The number of rotatable bonds is 3. The van der Waals surface area contributed by atoms with Crippen LogP contribution in [0, 0.1) is 5.82 Å². The molecule has 0 fully saturated rings. The van der Waals surface area contributed by atoms with E-state index in [1.165, 1.54) is 30.6 Å². The summed E-state index contributed by atoms with van der Waals surface area (Å²) in [6.07, 6.45) is 0. The summed E-state index contributed by atoms with van der Waals surface area (Å²) in [5.41, 5.74) is 0.909. The lowest BCUT2D eigenvalue weighted by Crippen LogP contribution is -2.00. The standard InChI is InChI=1S/C12H9FO2S/c1-15-11-3-2-8(6-10(11)13)12(14)9-4-5-16-7-9/h2-7H,1H3. The normalized spacial score (nSPS) is 10.1. The number of hydrogen-bond donors (Lipinski definition) is 0. The molecule has 0 atom stereocenters. The Bertz CT molecular complexity index is 506. The summed E-state index contributed by atoms with van der Waals surface area (Å²) in [5, 5.41) is 3.55. The molecule has 0 aliphatic rings. The Morgan fingerprint density at radius 1 is 1.31 bits per heavy atom. The number of methoxy groups -OCH3 is 1. The Kier molecular flexibility index (Phi) is 3.01. The summed E-state index contributed by atoms with van der Waals surface area (Å²) in [6.45, 7) is 0. The third kappa shape index (κ3) is 1.97. The van der Waals surface area contributed by atoms with Crippen molar-refractivity contribution in [2.24, 2.45) is 0 Å². The Labute approximate surface area is 96.3 Å². The van der Waals surface area contributed by atoms with Gasteiger partial charge in [-0.2, -0.15) is 11.3 Å². The van der Waals surface area contributed by atoms with E-state index < -0.39 is 5.82 Å². The molecule has 82 valence electrons. The van der Waals surface area contributed by atoms with Gasteiger partial charge in [-0.1, -0.05) is 0 Å². The van der Waals surface area contributed by atoms with Crippen LogP contribution >= 0.6 is 11.3 Å². The number of benzene rings is 1. The van der Waals surface area contributed by atoms with Crippen molar-refractivity contribution in [1.29, 1.82) is 0 Å². The quantitative estimate of drug-likeness (QED) is 0.765. The number of hydrogen-bond acceptors (Lipinski definition) is 3. The van der Waals surface area contributed by atoms with Gasteiger partial charge in [0.15, 0.2) is 17.3 Å². The first-order chi connectivity index (χ1) is 7.72. The molecule has 1 aromatic heterocycles. The van der Waals surface area contributed by atoms with Crippen LogP contribution in [-0.4, -0.2) is 12.9 Å². The zero-order valence-electron chi connectivity index (χ0n) is 8.57. The summed E-state index contributed by atoms with van der Waals surface area (Å²) >= 11 is 1.44. The summed E-state index contributed by atoms with van der Waals surface area (Å²) in [6, 6.07) is 5.92. The Morgan fingerprint density at radius 2 is 2.12 bits per heavy atom. The molecule has 0 radical (unpaired) electrons. The number of ether oxygens (including phenoxy) is 1. The third-order valence-corrected chi connectivity index (χ3v) is 2.88. The van der Waals surface area contributed by atoms with Crippen molar-refractivity contribution in [3.63, 3.8) is 0 Å². The minimum atomic E-state index is -0.524. The van der Waals surface area contributed by atoms with Gasteiger partial charge in [0.1, 0.15) is 0 Å². The average molecular weight is 236 g/mol. The molecule has 0 saturated carbocycles. The van der Waals surface area contributed by atoms with Gasteiger partial charge in [0.2, 0.25) is 0 Å². The molecule has 4 heteroatoms. The van der Waals surface area contributed by atoms with E-state index >= 15 is 0 Å². The van der Waals surface area contributed by atoms with Crippen LogP contribution in [0.15, 0.2) is 35.0 Å². The number of carbonyl (C=O) groups is 1. The van der Waals surface area contributed by atoms with Gasteiger partial charge in [-0.05, 0) is 29.6 Å². The van der Waals surface area contributed by atoms with E-state index in [-0.39, 0.29) is 11.5 Å². The maximum Gasteiger partial charge on any atom is 0.193 e. The fraction of sp³-hybridized carbons (Fsp3) is 0.0833. The lowest BCUT2D eigenvalue weighted by atomic mass is 10.1. The first-order valence-corrected chi connectivity index (χ1v) is 5.57. The molecule has 1 heterocycles. The minimum Gasteiger partial charge on any atom is -0.494 e. The summed E-state index contributed by atoms with van der Waals surface area (Å²) in [5.74, 6) is -0.562. The number of ketones is 1. The van der Waals surface area contributed by atoms with Crippen LogP contribution in [-0.2, 0) is 0 Å². The maximum atomic E-state index is 13.4. The van der Waals surface area contributed by atoms with Gasteiger partial charge in [-0.15, -0.1) is 0 Å². The van der Waals surface area contributed by atoms with Crippen molar-refractivity contribution in [1.82, 2.24) is 0 Å². The number of thiophene rings is 1. The second-order valence-corrected chi connectivity index (χ2v) is 3.97. The second-order valence-electron chi connectivity index (χ2n) is 3.19. The fourth-order valence-electron chi connectivity index (χ4n) is 1.37. The van der Waals surface area contributed by atoms with E-state index in [2.05, 4.69) is 0 Å². The van der Waals surface area contributed by atoms with Crippen molar-refractivity contribution in [2.75, 3.05) is 7.11 Å². The first-order valence-electron chi connectivity index (χ1n) is 4.63. The highest BCUT2D eigenvalue weighted by Gasteiger charge is 2.12. The molecule has 2 rings (SSSR count). The summed E-state index contributed by atoms with van der Waals surface area (Å²) in [4.78, 5) is 11.9. The zero-order valence-corrected chi connectivity index (χ0v) is 9.38. The average Bonchev–Trinajstić information content (AvgIpc) is 2.81. The van der Waals surface area contributed by atoms with Gasteiger partial charge < -0.3 is 4.74 Å². The monoisotopic (exact) mass is 236 g/mol. The van der Waals surface area contributed by atoms with Crippen molar-refractivity contribution >= 4 is 17.1 Å². The van der Waals surface area contributed by atoms with Crippen LogP contribution < -0.4 is 4.74 Å². The van der Waals surface area contributed by atoms with E-state index in [1.807, 2.05) is 5.38 Å². The molecule has 0 amide bonds. The predicted octanol–water partition coefficient (Wildman–Crippen LogP) is 3.13. The molecule has 0 aliphatic heterocycles. The van der Waals surface area contributed by atoms with E-state index in [0.29, 0.717) is 11.1 Å². The Morgan fingerprint density at radius 3 is 2.69 bits per heavy atom. The highest BCUT2D eigenvalue weighted by atomic mass is 32.1. The van der Waals surface area contributed by atoms with Gasteiger partial charge in [0.25, 0.3) is 0 Å². The molecule has 16 heavy (non-hydrogen) atoms. The van der Waals surface area contributed by atoms with Crippen LogP contribution in [0.25, 0.3) is 0 Å². The molecular formula is C12H9FO2S. The Hall–Kier alpha value is -1.68. The van der Waals surface area contributed by atoms with Gasteiger partial charge in [0.05, 0.1) is 7.11 Å². The smallest absolute Gasteiger partial charge is 0.193 e. The van der Waals surface area contributed by atoms with E-state index in [0.717, 1.165) is 0 Å². The predicted molar refractivity (Wildman–Crippen MR) is 60.7 cm³/mol. The molecule has 2 aromatic rings. The summed E-state index contributed by atoms with van der Waals surface area (Å²) < 4.78 is 18.2. The molecular weight excluding hydrogens is 227 g/mol. The molecule has 0 aliphatic carbocycles. The lowest BCUT2D eigenvalue weighted by Gasteiger charge is -2.03. The molecule has 0 saturated heterocycles. The third-order valence-electron chi connectivity index (χ3n) is 2.20. The molecule has 2 nitrogen and oxygen atoms in total. The van der Waals surface area contributed by atoms with Crippen LogP contribution in [0.1, 0.15) is 15.9 Å². The lowest BCUT2D eigenvalue weighted by molar-refractivity contribution is 0.103. The van der Waals surface area contributed by atoms with Crippen molar-refractivity contribution < 1.29 is 13.9 Å². The van der Waals surface area contributed by atoms with Gasteiger partial charge in [-0.3, -0.25) is 4.79 Å². The highest BCUT2D eigenvalue weighted by Crippen LogP contribution is 2.20. The second kappa shape index (κ2) is 4.45. The maximum absolute atomic E-state index is 13.4. The van der Waals surface area contributed by atoms with E-state index in [4.69, 9.17) is 4.74 Å². The van der Waals surface area contributed by atoms with Crippen molar-refractivity contribution in [3.8, 4) is 5.75 Å². The van der Waals surface area contributed by atoms with Gasteiger partial charge in [-0.25, -0.2) is 4.39 Å².